The van der Waals surface area contributed by atoms with Crippen LogP contribution in [0.2, 0.25) is 0 Å². The van der Waals surface area contributed by atoms with E-state index in [9.17, 15) is 9.59 Å². The van der Waals surface area contributed by atoms with Gasteiger partial charge in [0.1, 0.15) is 0 Å². The van der Waals surface area contributed by atoms with Crippen LogP contribution in [0, 0.1) is 13.8 Å². The van der Waals surface area contributed by atoms with Crippen molar-refractivity contribution in [3.05, 3.63) is 75.8 Å². The van der Waals surface area contributed by atoms with Crippen LogP contribution >= 0.6 is 0 Å². The second kappa shape index (κ2) is 4.79. The fourth-order valence-corrected chi connectivity index (χ4v) is 4.22. The van der Waals surface area contributed by atoms with E-state index >= 15 is 0 Å². The van der Waals surface area contributed by atoms with Crippen LogP contribution < -0.4 is 4.90 Å². The third-order valence-corrected chi connectivity index (χ3v) is 5.68. The van der Waals surface area contributed by atoms with Gasteiger partial charge in [-0.15, -0.1) is 0 Å². The molecule has 0 aromatic heterocycles. The van der Waals surface area contributed by atoms with Crippen molar-refractivity contribution < 1.29 is 9.59 Å². The van der Waals surface area contributed by atoms with Crippen LogP contribution in [0.15, 0.2) is 42.5 Å². The third-order valence-electron chi connectivity index (χ3n) is 5.68. The first-order valence-corrected chi connectivity index (χ1v) is 8.60. The molecule has 0 atom stereocenters. The zero-order valence-electron chi connectivity index (χ0n) is 14.2. The normalized spacial score (nSPS) is 15.4. The Labute approximate surface area is 145 Å². The number of rotatable bonds is 1. The molecule has 2 amide bonds. The van der Waals surface area contributed by atoms with Crippen LogP contribution in [0.25, 0.3) is 10.8 Å². The summed E-state index contributed by atoms with van der Waals surface area (Å²) in [5, 5.41) is 1.97. The van der Waals surface area contributed by atoms with Crippen LogP contribution in [-0.4, -0.2) is 11.8 Å². The van der Waals surface area contributed by atoms with E-state index in [2.05, 4.69) is 0 Å². The van der Waals surface area contributed by atoms with Gasteiger partial charge in [0.2, 0.25) is 0 Å². The molecule has 2 aliphatic rings. The lowest BCUT2D eigenvalue weighted by Crippen LogP contribution is -2.41. The minimum atomic E-state index is -0.221. The molecule has 1 aliphatic heterocycles. The highest BCUT2D eigenvalue weighted by Gasteiger charge is 2.36. The van der Waals surface area contributed by atoms with Crippen LogP contribution in [0.4, 0.5) is 5.69 Å². The Morgan fingerprint density at radius 3 is 1.96 bits per heavy atom. The lowest BCUT2D eigenvalue weighted by Gasteiger charge is -2.29. The van der Waals surface area contributed by atoms with Crippen molar-refractivity contribution in [3.63, 3.8) is 0 Å². The second-order valence-corrected chi connectivity index (χ2v) is 6.96. The lowest BCUT2D eigenvalue weighted by molar-refractivity contribution is 0.0893. The maximum Gasteiger partial charge on any atom is 0.265 e. The highest BCUT2D eigenvalue weighted by molar-refractivity contribution is 6.36. The standard InChI is InChI=1S/C22H17NO2/c1-12-4-3-5-18(13(12)2)23-21(24)16-10-8-14-6-7-15-9-11-17(22(23)25)20(16)19(14)15/h3-5,8-11H,6-7H2,1-2H3. The van der Waals surface area contributed by atoms with Gasteiger partial charge in [0.25, 0.3) is 11.8 Å². The number of aryl methyl sites for hydroxylation is 3. The molecule has 25 heavy (non-hydrogen) atoms. The molecule has 3 heteroatoms. The number of imide groups is 1. The zero-order valence-corrected chi connectivity index (χ0v) is 14.2. The van der Waals surface area contributed by atoms with Crippen molar-refractivity contribution in [1.82, 2.24) is 0 Å². The monoisotopic (exact) mass is 327 g/mol. The molecule has 3 aromatic carbocycles. The highest BCUT2D eigenvalue weighted by Crippen LogP contribution is 2.40. The number of benzene rings is 3. The van der Waals surface area contributed by atoms with E-state index in [-0.39, 0.29) is 11.8 Å². The molecule has 0 unspecified atom stereocenters. The van der Waals surface area contributed by atoms with E-state index < -0.39 is 0 Å². The van der Waals surface area contributed by atoms with Crippen LogP contribution in [0.1, 0.15) is 43.0 Å². The number of nitrogens with zero attached hydrogens (tertiary/aromatic N) is 1. The Bertz CT molecular complexity index is 1050. The van der Waals surface area contributed by atoms with Gasteiger partial charge >= 0.3 is 0 Å². The first-order chi connectivity index (χ1) is 12.1. The first kappa shape index (κ1) is 14.4. The van der Waals surface area contributed by atoms with Crippen molar-refractivity contribution in [3.8, 4) is 0 Å². The van der Waals surface area contributed by atoms with Crippen molar-refractivity contribution in [2.75, 3.05) is 4.90 Å². The molecule has 5 rings (SSSR count). The Kier molecular flexibility index (Phi) is 2.76. The SMILES string of the molecule is Cc1cccc(N2C(=O)c3ccc4c5c(ccc(c35)C2=O)CC4)c1C. The van der Waals surface area contributed by atoms with Gasteiger partial charge in [-0.05, 0) is 72.5 Å². The highest BCUT2D eigenvalue weighted by atomic mass is 16.2. The summed E-state index contributed by atoms with van der Waals surface area (Å²) in [7, 11) is 0. The molecule has 1 heterocycles. The summed E-state index contributed by atoms with van der Waals surface area (Å²) in [5.74, 6) is -0.441. The average molecular weight is 327 g/mol. The van der Waals surface area contributed by atoms with Gasteiger partial charge in [0.05, 0.1) is 5.69 Å². The van der Waals surface area contributed by atoms with E-state index in [4.69, 9.17) is 0 Å². The van der Waals surface area contributed by atoms with E-state index in [1.54, 1.807) is 0 Å². The van der Waals surface area contributed by atoms with Gasteiger partial charge in [-0.3, -0.25) is 9.59 Å². The number of carbonyl (C=O) groups is 2. The summed E-state index contributed by atoms with van der Waals surface area (Å²) in [4.78, 5) is 27.8. The van der Waals surface area contributed by atoms with Gasteiger partial charge in [-0.25, -0.2) is 4.90 Å². The maximum atomic E-state index is 13.2. The summed E-state index contributed by atoms with van der Waals surface area (Å²) in [6.45, 7) is 3.95. The number of amides is 2. The maximum absolute atomic E-state index is 13.2. The first-order valence-electron chi connectivity index (χ1n) is 8.60. The van der Waals surface area contributed by atoms with Gasteiger partial charge < -0.3 is 0 Å². The lowest BCUT2D eigenvalue weighted by atomic mass is 9.90. The van der Waals surface area contributed by atoms with Crippen LogP contribution in [0.3, 0.4) is 0 Å². The van der Waals surface area contributed by atoms with Crippen molar-refractivity contribution in [2.24, 2.45) is 0 Å². The Balaban J connectivity index is 1.82. The molecule has 3 nitrogen and oxygen atoms in total. The fourth-order valence-electron chi connectivity index (χ4n) is 4.22. The number of carbonyl (C=O) groups excluding carboxylic acids is 2. The predicted molar refractivity (Wildman–Crippen MR) is 98.4 cm³/mol. The van der Waals surface area contributed by atoms with Crippen molar-refractivity contribution in [1.29, 1.82) is 0 Å². The molecule has 1 aliphatic carbocycles. The summed E-state index contributed by atoms with van der Waals surface area (Å²) in [5.41, 5.74) is 6.47. The number of hydrogen-bond acceptors (Lipinski definition) is 2. The molecule has 0 radical (unpaired) electrons. The molecular weight excluding hydrogens is 310 g/mol. The zero-order chi connectivity index (χ0) is 17.3. The summed E-state index contributed by atoms with van der Waals surface area (Å²) in [6.07, 6.45) is 1.97. The second-order valence-electron chi connectivity index (χ2n) is 6.96. The minimum Gasteiger partial charge on any atom is -0.268 e. The van der Waals surface area contributed by atoms with Crippen LogP contribution in [0.5, 0.6) is 0 Å². The van der Waals surface area contributed by atoms with E-state index in [0.29, 0.717) is 16.8 Å². The predicted octanol–water partition coefficient (Wildman–Crippen LogP) is 4.36. The largest absolute Gasteiger partial charge is 0.268 e. The van der Waals surface area contributed by atoms with Gasteiger partial charge in [-0.1, -0.05) is 24.3 Å². The van der Waals surface area contributed by atoms with Crippen LogP contribution in [-0.2, 0) is 12.8 Å². The van der Waals surface area contributed by atoms with Crippen molar-refractivity contribution in [2.45, 2.75) is 26.7 Å². The molecule has 3 aromatic rings. The molecular formula is C22H17NO2. The van der Waals surface area contributed by atoms with E-state index in [1.807, 2.05) is 56.3 Å². The quantitative estimate of drug-likeness (QED) is 0.623. The minimum absolute atomic E-state index is 0.221. The molecule has 0 N–H and O–H groups in total. The Morgan fingerprint density at radius 2 is 1.36 bits per heavy atom. The van der Waals surface area contributed by atoms with Gasteiger partial charge in [0, 0.05) is 16.5 Å². The average Bonchev–Trinajstić information content (AvgIpc) is 3.03. The van der Waals surface area contributed by atoms with Crippen molar-refractivity contribution >= 4 is 28.3 Å². The molecule has 0 bridgehead atoms. The Hall–Kier alpha value is -2.94. The van der Waals surface area contributed by atoms with E-state index in [0.717, 1.165) is 34.7 Å². The van der Waals surface area contributed by atoms with Gasteiger partial charge in [-0.2, -0.15) is 0 Å². The number of hydrogen-bond donors (Lipinski definition) is 0. The molecule has 0 saturated carbocycles. The third kappa shape index (κ3) is 1.75. The smallest absolute Gasteiger partial charge is 0.265 e. The Morgan fingerprint density at radius 1 is 0.760 bits per heavy atom. The fraction of sp³-hybridized carbons (Fsp3) is 0.182. The molecule has 0 saturated heterocycles. The van der Waals surface area contributed by atoms with Gasteiger partial charge in [0.15, 0.2) is 0 Å². The molecule has 0 fully saturated rings. The summed E-state index contributed by atoms with van der Waals surface area (Å²) in [6, 6.07) is 13.6. The van der Waals surface area contributed by atoms with E-state index in [1.165, 1.54) is 16.0 Å². The molecule has 122 valence electrons. The molecule has 0 spiro atoms. The summed E-state index contributed by atoms with van der Waals surface area (Å²) >= 11 is 0. The number of anilines is 1. The summed E-state index contributed by atoms with van der Waals surface area (Å²) < 4.78 is 0. The topological polar surface area (TPSA) is 37.4 Å².